The third-order valence-corrected chi connectivity index (χ3v) is 1.19. The van der Waals surface area contributed by atoms with Gasteiger partial charge in [0.15, 0.2) is 0 Å². The van der Waals surface area contributed by atoms with Crippen molar-refractivity contribution in [2.24, 2.45) is 0 Å². The fourth-order valence-corrected chi connectivity index (χ4v) is 0.774. The predicted molar refractivity (Wildman–Crippen MR) is 43.4 cm³/mol. The van der Waals surface area contributed by atoms with E-state index in [4.69, 9.17) is 0 Å². The Morgan fingerprint density at radius 3 is 3.27 bits per heavy atom. The van der Waals surface area contributed by atoms with Crippen molar-refractivity contribution in [3.8, 4) is 11.8 Å². The van der Waals surface area contributed by atoms with Crippen molar-refractivity contribution in [1.29, 1.82) is 0 Å². The number of nitrogens with one attached hydrogen (secondary N) is 1. The molecule has 0 heterocycles. The van der Waals surface area contributed by atoms with Gasteiger partial charge in [0, 0.05) is 19.0 Å². The van der Waals surface area contributed by atoms with Crippen molar-refractivity contribution in [3.05, 3.63) is 23.9 Å². The molecule has 0 saturated heterocycles. The molecule has 0 radical (unpaired) electrons. The molecule has 2 nitrogen and oxygen atoms in total. The fourth-order valence-electron chi connectivity index (χ4n) is 0.774. The van der Waals surface area contributed by atoms with Crippen LogP contribution in [-0.2, 0) is 4.79 Å². The monoisotopic (exact) mass is 147 g/mol. The lowest BCUT2D eigenvalue weighted by Gasteiger charge is -1.99. The van der Waals surface area contributed by atoms with Crippen LogP contribution in [-0.4, -0.2) is 5.91 Å². The topological polar surface area (TPSA) is 29.1 Å². The first kappa shape index (κ1) is 7.62. The Morgan fingerprint density at radius 1 is 1.73 bits per heavy atom. The number of carbonyl (C=O) groups excluding carboxylic acids is 1. The lowest BCUT2D eigenvalue weighted by molar-refractivity contribution is -0.118. The van der Waals surface area contributed by atoms with Gasteiger partial charge in [0.1, 0.15) is 0 Å². The SMILES string of the molecule is CC(=O)NC1=CCC#CC=C1. The smallest absolute Gasteiger partial charge is 0.221 e. The van der Waals surface area contributed by atoms with E-state index < -0.39 is 0 Å². The number of hydrogen-bond donors (Lipinski definition) is 1. The molecular formula is C9H9NO. The average molecular weight is 147 g/mol. The zero-order valence-electron chi connectivity index (χ0n) is 6.35. The zero-order valence-corrected chi connectivity index (χ0v) is 6.35. The van der Waals surface area contributed by atoms with Gasteiger partial charge in [-0.3, -0.25) is 4.79 Å². The first-order valence-electron chi connectivity index (χ1n) is 3.42. The molecular weight excluding hydrogens is 138 g/mol. The van der Waals surface area contributed by atoms with Crippen molar-refractivity contribution < 1.29 is 4.79 Å². The number of allylic oxidation sites excluding steroid dienone is 3. The van der Waals surface area contributed by atoms with Crippen LogP contribution < -0.4 is 5.32 Å². The molecule has 1 aliphatic carbocycles. The van der Waals surface area contributed by atoms with E-state index in [0.29, 0.717) is 6.42 Å². The van der Waals surface area contributed by atoms with Gasteiger partial charge in [0.05, 0.1) is 0 Å². The Bertz CT molecular complexity index is 276. The molecule has 11 heavy (non-hydrogen) atoms. The van der Waals surface area contributed by atoms with Crippen LogP contribution in [0.3, 0.4) is 0 Å². The lowest BCUT2D eigenvalue weighted by atomic mass is 10.3. The summed E-state index contributed by atoms with van der Waals surface area (Å²) in [6.45, 7) is 1.49. The molecule has 1 N–H and O–H groups in total. The molecule has 0 fully saturated rings. The van der Waals surface area contributed by atoms with Gasteiger partial charge in [0.2, 0.25) is 5.91 Å². The van der Waals surface area contributed by atoms with Crippen LogP contribution in [0.4, 0.5) is 0 Å². The summed E-state index contributed by atoms with van der Waals surface area (Å²) in [5.41, 5.74) is 0.815. The molecule has 0 aromatic heterocycles. The Labute approximate surface area is 66.0 Å². The molecule has 1 amide bonds. The van der Waals surface area contributed by atoms with E-state index >= 15 is 0 Å². The highest BCUT2D eigenvalue weighted by atomic mass is 16.1. The minimum Gasteiger partial charge on any atom is -0.327 e. The Morgan fingerprint density at radius 2 is 2.55 bits per heavy atom. The van der Waals surface area contributed by atoms with Gasteiger partial charge in [-0.1, -0.05) is 11.8 Å². The second-order valence-electron chi connectivity index (χ2n) is 2.20. The number of amides is 1. The van der Waals surface area contributed by atoms with E-state index in [2.05, 4.69) is 17.2 Å². The number of hydrogen-bond acceptors (Lipinski definition) is 1. The van der Waals surface area contributed by atoms with E-state index in [-0.39, 0.29) is 5.91 Å². The van der Waals surface area contributed by atoms with Gasteiger partial charge >= 0.3 is 0 Å². The molecule has 2 heteroatoms. The van der Waals surface area contributed by atoms with Crippen molar-refractivity contribution in [2.75, 3.05) is 0 Å². The molecule has 1 rings (SSSR count). The summed E-state index contributed by atoms with van der Waals surface area (Å²) < 4.78 is 0. The van der Waals surface area contributed by atoms with Crippen LogP contribution in [0.5, 0.6) is 0 Å². The maximum Gasteiger partial charge on any atom is 0.221 e. The second kappa shape index (κ2) is 3.62. The normalized spacial score (nSPS) is 14.1. The van der Waals surface area contributed by atoms with E-state index in [0.717, 1.165) is 5.70 Å². The fraction of sp³-hybridized carbons (Fsp3) is 0.222. The standard InChI is InChI=1S/C9H9NO/c1-8(11)10-9-6-4-2-3-5-7-9/h4,6-7H,5H2,1H3,(H,10,11). The van der Waals surface area contributed by atoms with Gasteiger partial charge in [0.25, 0.3) is 0 Å². The summed E-state index contributed by atoms with van der Waals surface area (Å²) in [6, 6.07) is 0. The van der Waals surface area contributed by atoms with Crippen LogP contribution in [0.2, 0.25) is 0 Å². The largest absolute Gasteiger partial charge is 0.327 e. The van der Waals surface area contributed by atoms with Crippen molar-refractivity contribution in [3.63, 3.8) is 0 Å². The van der Waals surface area contributed by atoms with Gasteiger partial charge < -0.3 is 5.32 Å². The average Bonchev–Trinajstić information content (AvgIpc) is 2.14. The molecule has 0 aromatic rings. The molecule has 0 unspecified atom stereocenters. The highest BCUT2D eigenvalue weighted by Crippen LogP contribution is 1.97. The molecule has 0 aromatic carbocycles. The van der Waals surface area contributed by atoms with Crippen LogP contribution in [0.15, 0.2) is 23.9 Å². The first-order chi connectivity index (χ1) is 5.29. The predicted octanol–water partition coefficient (Wildman–Crippen LogP) is 0.970. The van der Waals surface area contributed by atoms with E-state index in [1.54, 1.807) is 12.2 Å². The highest BCUT2D eigenvalue weighted by Gasteiger charge is 1.94. The van der Waals surface area contributed by atoms with Crippen LogP contribution >= 0.6 is 0 Å². The molecule has 0 aliphatic heterocycles. The van der Waals surface area contributed by atoms with Crippen molar-refractivity contribution in [2.45, 2.75) is 13.3 Å². The molecule has 0 spiro atoms. The maximum atomic E-state index is 10.6. The quantitative estimate of drug-likeness (QED) is 0.550. The van der Waals surface area contributed by atoms with Gasteiger partial charge in [-0.2, -0.15) is 0 Å². The Balaban J connectivity index is 2.60. The van der Waals surface area contributed by atoms with E-state index in [9.17, 15) is 4.79 Å². The number of rotatable bonds is 1. The summed E-state index contributed by atoms with van der Waals surface area (Å²) in [4.78, 5) is 10.6. The summed E-state index contributed by atoms with van der Waals surface area (Å²) >= 11 is 0. The summed E-state index contributed by atoms with van der Waals surface area (Å²) in [5, 5.41) is 2.68. The summed E-state index contributed by atoms with van der Waals surface area (Å²) in [7, 11) is 0. The summed E-state index contributed by atoms with van der Waals surface area (Å²) in [6.07, 6.45) is 6.11. The van der Waals surface area contributed by atoms with Gasteiger partial charge in [-0.25, -0.2) is 0 Å². The molecule has 0 saturated carbocycles. The van der Waals surface area contributed by atoms with Crippen LogP contribution in [0.1, 0.15) is 13.3 Å². The van der Waals surface area contributed by atoms with E-state index in [1.807, 2.05) is 6.08 Å². The van der Waals surface area contributed by atoms with Crippen LogP contribution in [0.25, 0.3) is 0 Å². The molecule has 56 valence electrons. The molecule has 0 bridgehead atoms. The third kappa shape index (κ3) is 2.72. The highest BCUT2D eigenvalue weighted by molar-refractivity contribution is 5.75. The summed E-state index contributed by atoms with van der Waals surface area (Å²) in [5.74, 6) is 5.65. The van der Waals surface area contributed by atoms with Crippen LogP contribution in [0, 0.1) is 11.8 Å². The Hall–Kier alpha value is -1.49. The minimum absolute atomic E-state index is 0.0530. The molecule has 0 atom stereocenters. The maximum absolute atomic E-state index is 10.6. The van der Waals surface area contributed by atoms with E-state index in [1.165, 1.54) is 6.92 Å². The van der Waals surface area contributed by atoms with Crippen molar-refractivity contribution in [1.82, 2.24) is 5.32 Å². The van der Waals surface area contributed by atoms with Gasteiger partial charge in [-0.15, -0.1) is 0 Å². The zero-order chi connectivity index (χ0) is 8.10. The third-order valence-electron chi connectivity index (χ3n) is 1.19. The number of carbonyl (C=O) groups is 1. The lowest BCUT2D eigenvalue weighted by Crippen LogP contribution is -2.17. The Kier molecular flexibility index (Phi) is 2.51. The van der Waals surface area contributed by atoms with Gasteiger partial charge in [-0.05, 0) is 18.2 Å². The molecule has 1 aliphatic rings. The first-order valence-corrected chi connectivity index (χ1v) is 3.42. The second-order valence-corrected chi connectivity index (χ2v) is 2.20. The van der Waals surface area contributed by atoms with Crippen molar-refractivity contribution >= 4 is 5.91 Å². The minimum atomic E-state index is -0.0530.